The molecule has 1 aromatic carbocycles. The number of para-hydroxylation sites is 1. The molecule has 0 atom stereocenters. The maximum absolute atomic E-state index is 5.48. The van der Waals surface area contributed by atoms with E-state index in [0.717, 1.165) is 16.7 Å². The zero-order valence-electron chi connectivity index (χ0n) is 6.91. The molecule has 2 rings (SSSR count). The molecule has 0 unspecified atom stereocenters. The number of fused-ring (bicyclic) bond motifs is 1. The number of methoxy groups -OCH3 is 1. The normalized spacial score (nSPS) is 10.8. The topological polar surface area (TPSA) is 22.4 Å². The Hall–Kier alpha value is -1.28. The van der Waals surface area contributed by atoms with E-state index in [1.54, 1.807) is 7.11 Å². The standard InChI is InChI=1S/C10H10O2/c1-11-7-9-6-8-4-2-3-5-10(8)12-9/h2-6H,7H2,1H3. The molecule has 0 aliphatic rings. The van der Waals surface area contributed by atoms with Crippen LogP contribution in [-0.4, -0.2) is 7.11 Å². The molecule has 62 valence electrons. The van der Waals surface area contributed by atoms with E-state index in [1.807, 2.05) is 30.3 Å². The highest BCUT2D eigenvalue weighted by molar-refractivity contribution is 5.77. The molecule has 0 spiro atoms. The lowest BCUT2D eigenvalue weighted by atomic mass is 10.2. The van der Waals surface area contributed by atoms with Gasteiger partial charge in [0.1, 0.15) is 18.0 Å². The summed E-state index contributed by atoms with van der Waals surface area (Å²) in [4.78, 5) is 0. The molecule has 0 amide bonds. The third kappa shape index (κ3) is 1.21. The predicted octanol–water partition coefficient (Wildman–Crippen LogP) is 2.58. The first-order valence-electron chi connectivity index (χ1n) is 3.86. The van der Waals surface area contributed by atoms with Crippen molar-refractivity contribution in [2.24, 2.45) is 0 Å². The van der Waals surface area contributed by atoms with Gasteiger partial charge in [0.15, 0.2) is 0 Å². The Balaban J connectivity index is 2.47. The predicted molar refractivity (Wildman–Crippen MR) is 46.9 cm³/mol. The Kier molecular flexibility index (Phi) is 1.84. The van der Waals surface area contributed by atoms with Gasteiger partial charge in [-0.05, 0) is 12.1 Å². The van der Waals surface area contributed by atoms with Gasteiger partial charge in [0, 0.05) is 12.5 Å². The van der Waals surface area contributed by atoms with E-state index < -0.39 is 0 Å². The van der Waals surface area contributed by atoms with E-state index in [-0.39, 0.29) is 0 Å². The van der Waals surface area contributed by atoms with E-state index in [9.17, 15) is 0 Å². The van der Waals surface area contributed by atoms with Crippen LogP contribution in [0.25, 0.3) is 11.0 Å². The van der Waals surface area contributed by atoms with E-state index in [2.05, 4.69) is 0 Å². The van der Waals surface area contributed by atoms with Crippen LogP contribution in [0.15, 0.2) is 34.7 Å². The van der Waals surface area contributed by atoms with Crippen LogP contribution >= 0.6 is 0 Å². The van der Waals surface area contributed by atoms with Gasteiger partial charge in [-0.1, -0.05) is 18.2 Å². The lowest BCUT2D eigenvalue weighted by molar-refractivity contribution is 0.166. The van der Waals surface area contributed by atoms with E-state index >= 15 is 0 Å². The molecule has 0 radical (unpaired) electrons. The Morgan fingerprint density at radius 1 is 1.33 bits per heavy atom. The summed E-state index contributed by atoms with van der Waals surface area (Å²) >= 11 is 0. The number of hydrogen-bond acceptors (Lipinski definition) is 2. The molecule has 2 heteroatoms. The van der Waals surface area contributed by atoms with Crippen molar-refractivity contribution in [3.8, 4) is 0 Å². The van der Waals surface area contributed by atoms with Crippen LogP contribution in [0.2, 0.25) is 0 Å². The van der Waals surface area contributed by atoms with Gasteiger partial charge in [-0.15, -0.1) is 0 Å². The summed E-state index contributed by atoms with van der Waals surface area (Å²) < 4.78 is 10.4. The van der Waals surface area contributed by atoms with Crippen molar-refractivity contribution in [3.63, 3.8) is 0 Å². The first-order valence-corrected chi connectivity index (χ1v) is 3.86. The molecule has 0 saturated carbocycles. The third-order valence-electron chi connectivity index (χ3n) is 1.76. The molecular weight excluding hydrogens is 152 g/mol. The van der Waals surface area contributed by atoms with Crippen molar-refractivity contribution in [1.29, 1.82) is 0 Å². The number of rotatable bonds is 2. The SMILES string of the molecule is COCc1cc2ccccc2o1. The van der Waals surface area contributed by atoms with Crippen LogP contribution in [-0.2, 0) is 11.3 Å². The van der Waals surface area contributed by atoms with E-state index in [4.69, 9.17) is 9.15 Å². The minimum atomic E-state index is 0.536. The highest BCUT2D eigenvalue weighted by Crippen LogP contribution is 2.18. The van der Waals surface area contributed by atoms with Crippen LogP contribution in [0.1, 0.15) is 5.76 Å². The summed E-state index contributed by atoms with van der Waals surface area (Å²) in [6.45, 7) is 0.536. The highest BCUT2D eigenvalue weighted by Gasteiger charge is 2.00. The fourth-order valence-electron chi connectivity index (χ4n) is 1.25. The minimum Gasteiger partial charge on any atom is -0.459 e. The molecule has 0 aliphatic carbocycles. The molecule has 0 N–H and O–H groups in total. The quantitative estimate of drug-likeness (QED) is 0.677. The maximum Gasteiger partial charge on any atom is 0.134 e. The molecule has 0 bridgehead atoms. The van der Waals surface area contributed by atoms with Crippen LogP contribution in [0, 0.1) is 0 Å². The fraction of sp³-hybridized carbons (Fsp3) is 0.200. The molecule has 12 heavy (non-hydrogen) atoms. The maximum atomic E-state index is 5.48. The zero-order chi connectivity index (χ0) is 8.39. The van der Waals surface area contributed by atoms with Crippen LogP contribution in [0.5, 0.6) is 0 Å². The molecule has 1 aromatic heterocycles. The summed E-state index contributed by atoms with van der Waals surface area (Å²) in [5.41, 5.74) is 0.921. The second kappa shape index (κ2) is 2.99. The van der Waals surface area contributed by atoms with Crippen molar-refractivity contribution in [1.82, 2.24) is 0 Å². The first kappa shape index (κ1) is 7.37. The zero-order valence-corrected chi connectivity index (χ0v) is 6.91. The van der Waals surface area contributed by atoms with Crippen LogP contribution in [0.3, 0.4) is 0 Å². The van der Waals surface area contributed by atoms with Gasteiger partial charge < -0.3 is 9.15 Å². The van der Waals surface area contributed by atoms with Crippen molar-refractivity contribution in [2.75, 3.05) is 7.11 Å². The van der Waals surface area contributed by atoms with Gasteiger partial charge in [-0.25, -0.2) is 0 Å². The summed E-state index contributed by atoms with van der Waals surface area (Å²) in [5.74, 6) is 0.874. The smallest absolute Gasteiger partial charge is 0.134 e. The van der Waals surface area contributed by atoms with Gasteiger partial charge in [0.25, 0.3) is 0 Å². The van der Waals surface area contributed by atoms with Gasteiger partial charge in [0.2, 0.25) is 0 Å². The Labute approximate surface area is 70.8 Å². The Morgan fingerprint density at radius 3 is 2.92 bits per heavy atom. The van der Waals surface area contributed by atoms with Crippen molar-refractivity contribution in [3.05, 3.63) is 36.1 Å². The Morgan fingerprint density at radius 2 is 2.17 bits per heavy atom. The molecule has 2 aromatic rings. The van der Waals surface area contributed by atoms with Gasteiger partial charge in [0.05, 0.1) is 0 Å². The van der Waals surface area contributed by atoms with Crippen LogP contribution < -0.4 is 0 Å². The summed E-state index contributed by atoms with van der Waals surface area (Å²) in [6, 6.07) is 9.93. The van der Waals surface area contributed by atoms with Crippen molar-refractivity contribution < 1.29 is 9.15 Å². The highest BCUT2D eigenvalue weighted by atomic mass is 16.5. The second-order valence-electron chi connectivity index (χ2n) is 2.68. The summed E-state index contributed by atoms with van der Waals surface area (Å²) in [7, 11) is 1.66. The summed E-state index contributed by atoms with van der Waals surface area (Å²) in [5, 5.41) is 1.13. The number of furan rings is 1. The van der Waals surface area contributed by atoms with Crippen LogP contribution in [0.4, 0.5) is 0 Å². The molecule has 0 fully saturated rings. The molecule has 2 nitrogen and oxygen atoms in total. The number of ether oxygens (including phenoxy) is 1. The fourth-order valence-corrected chi connectivity index (χ4v) is 1.25. The van der Waals surface area contributed by atoms with E-state index in [1.165, 1.54) is 0 Å². The van der Waals surface area contributed by atoms with E-state index in [0.29, 0.717) is 6.61 Å². The molecule has 0 aliphatic heterocycles. The largest absolute Gasteiger partial charge is 0.459 e. The molecule has 0 saturated heterocycles. The number of hydrogen-bond donors (Lipinski definition) is 0. The third-order valence-corrected chi connectivity index (χ3v) is 1.76. The average molecular weight is 162 g/mol. The lowest BCUT2D eigenvalue weighted by Gasteiger charge is -1.89. The Bertz CT molecular complexity index is 343. The molecular formula is C10H10O2. The average Bonchev–Trinajstić information content (AvgIpc) is 2.47. The molecule has 1 heterocycles. The van der Waals surface area contributed by atoms with Gasteiger partial charge in [-0.2, -0.15) is 0 Å². The monoisotopic (exact) mass is 162 g/mol. The van der Waals surface area contributed by atoms with Crippen molar-refractivity contribution >= 4 is 11.0 Å². The van der Waals surface area contributed by atoms with Gasteiger partial charge in [-0.3, -0.25) is 0 Å². The second-order valence-corrected chi connectivity index (χ2v) is 2.68. The number of benzene rings is 1. The lowest BCUT2D eigenvalue weighted by Crippen LogP contribution is -1.81. The first-order chi connectivity index (χ1) is 5.90. The summed E-state index contributed by atoms with van der Waals surface area (Å²) in [6.07, 6.45) is 0. The van der Waals surface area contributed by atoms with Gasteiger partial charge >= 0.3 is 0 Å². The minimum absolute atomic E-state index is 0.536. The van der Waals surface area contributed by atoms with Crippen molar-refractivity contribution in [2.45, 2.75) is 6.61 Å².